The van der Waals surface area contributed by atoms with Gasteiger partial charge in [-0.05, 0) is 24.3 Å². The Labute approximate surface area is 82.4 Å². The molecule has 0 aliphatic carbocycles. The van der Waals surface area contributed by atoms with Crippen molar-refractivity contribution in [2.24, 2.45) is 5.92 Å². The summed E-state index contributed by atoms with van der Waals surface area (Å²) in [6.07, 6.45) is 12.2. The van der Waals surface area contributed by atoms with Crippen molar-refractivity contribution < 1.29 is 0 Å². The molecule has 0 aromatic heterocycles. The summed E-state index contributed by atoms with van der Waals surface area (Å²) >= 11 is 0. The number of hydrogen-bond acceptors (Lipinski definition) is 0. The van der Waals surface area contributed by atoms with E-state index in [2.05, 4.69) is 39.2 Å². The molecule has 0 N–H and O–H groups in total. The summed E-state index contributed by atoms with van der Waals surface area (Å²) < 4.78 is 0. The van der Waals surface area contributed by atoms with E-state index in [4.69, 9.17) is 0 Å². The van der Waals surface area contributed by atoms with Crippen molar-refractivity contribution >= 4 is 0 Å². The van der Waals surface area contributed by atoms with E-state index in [1.807, 2.05) is 12.2 Å². The van der Waals surface area contributed by atoms with Crippen LogP contribution in [0.5, 0.6) is 0 Å². The van der Waals surface area contributed by atoms with Crippen LogP contribution in [0.2, 0.25) is 0 Å². The lowest BCUT2D eigenvalue weighted by Gasteiger charge is -1.98. The third-order valence-corrected chi connectivity index (χ3v) is 1.69. The van der Waals surface area contributed by atoms with Crippen molar-refractivity contribution in [1.82, 2.24) is 0 Å². The quantitative estimate of drug-likeness (QED) is 0.530. The van der Waals surface area contributed by atoms with E-state index in [1.54, 1.807) is 6.08 Å². The van der Waals surface area contributed by atoms with Crippen LogP contribution in [0.4, 0.5) is 0 Å². The maximum absolute atomic E-state index is 3.89. The highest BCUT2D eigenvalue weighted by atomic mass is 13.9. The van der Waals surface area contributed by atoms with Crippen LogP contribution < -0.4 is 0 Å². The Kier molecular flexibility index (Phi) is 6.99. The Hall–Kier alpha value is -1.04. The molecule has 0 aliphatic heterocycles. The predicted octanol–water partition coefficient (Wildman–Crippen LogP) is 4.28. The van der Waals surface area contributed by atoms with Gasteiger partial charge in [-0.15, -0.1) is 0 Å². The number of hydrogen-bond donors (Lipinski definition) is 0. The third kappa shape index (κ3) is 8.87. The summed E-state index contributed by atoms with van der Waals surface area (Å²) in [6.45, 7) is 12.0. The van der Waals surface area contributed by atoms with Crippen LogP contribution in [0.15, 0.2) is 49.1 Å². The number of rotatable bonds is 6. The van der Waals surface area contributed by atoms with E-state index in [0.717, 1.165) is 17.9 Å². The molecule has 0 atom stereocenters. The smallest absolute Gasteiger partial charge is 0.0332 e. The maximum atomic E-state index is 3.89. The van der Waals surface area contributed by atoms with Gasteiger partial charge < -0.3 is 0 Å². The van der Waals surface area contributed by atoms with E-state index in [9.17, 15) is 0 Å². The lowest BCUT2D eigenvalue weighted by molar-refractivity contribution is 0.594. The average Bonchev–Trinajstić information content (AvgIpc) is 2.08. The Balaban J connectivity index is 3.65. The van der Waals surface area contributed by atoms with Gasteiger partial charge in [0.25, 0.3) is 0 Å². The molecule has 0 rings (SSSR count). The second-order valence-corrected chi connectivity index (χ2v) is 3.54. The molecule has 0 unspecified atom stereocenters. The van der Waals surface area contributed by atoms with Gasteiger partial charge in [-0.25, -0.2) is 0 Å². The first-order valence-corrected chi connectivity index (χ1v) is 4.81. The van der Waals surface area contributed by atoms with Gasteiger partial charge in [-0.1, -0.05) is 57.4 Å². The minimum Gasteiger partial charge on any atom is -0.0991 e. The molecule has 0 fully saturated rings. The highest BCUT2D eigenvalue weighted by Gasteiger charge is 1.89. The molecule has 0 radical (unpaired) electrons. The normalized spacial score (nSPS) is 11.6. The summed E-state index contributed by atoms with van der Waals surface area (Å²) in [4.78, 5) is 0. The van der Waals surface area contributed by atoms with Crippen LogP contribution in [0.1, 0.15) is 26.7 Å². The topological polar surface area (TPSA) is 0 Å². The second-order valence-electron chi connectivity index (χ2n) is 3.54. The van der Waals surface area contributed by atoms with E-state index >= 15 is 0 Å². The minimum absolute atomic E-state index is 0.779. The standard InChI is InChI=1S/C13H20/c1-5-6-10-13(4)11-8-7-9-12(2)3/h5-6,8,10-12H,1,4,7,9H2,2-3H3/b10-6-,11-8?. The molecular weight excluding hydrogens is 156 g/mol. The molecule has 13 heavy (non-hydrogen) atoms. The lowest BCUT2D eigenvalue weighted by atomic mass is 10.1. The molecule has 0 amide bonds. The highest BCUT2D eigenvalue weighted by molar-refractivity contribution is 5.28. The van der Waals surface area contributed by atoms with E-state index < -0.39 is 0 Å². The van der Waals surface area contributed by atoms with E-state index in [1.165, 1.54) is 6.42 Å². The van der Waals surface area contributed by atoms with Gasteiger partial charge in [0.1, 0.15) is 0 Å². The first-order valence-electron chi connectivity index (χ1n) is 4.81. The zero-order valence-electron chi connectivity index (χ0n) is 8.79. The minimum atomic E-state index is 0.779. The van der Waals surface area contributed by atoms with Crippen LogP contribution in [0.25, 0.3) is 0 Å². The average molecular weight is 176 g/mol. The lowest BCUT2D eigenvalue weighted by Crippen LogP contribution is -1.83. The van der Waals surface area contributed by atoms with Crippen molar-refractivity contribution in [2.45, 2.75) is 26.7 Å². The molecule has 0 saturated heterocycles. The fraction of sp³-hybridized carbons (Fsp3) is 0.385. The van der Waals surface area contributed by atoms with Gasteiger partial charge in [0.15, 0.2) is 0 Å². The molecule has 0 aromatic rings. The first kappa shape index (κ1) is 12.0. The summed E-state index contributed by atoms with van der Waals surface area (Å²) in [5.74, 6) is 0.779. The predicted molar refractivity (Wildman–Crippen MR) is 61.7 cm³/mol. The van der Waals surface area contributed by atoms with Gasteiger partial charge in [0, 0.05) is 0 Å². The molecule has 0 heterocycles. The van der Waals surface area contributed by atoms with Gasteiger partial charge in [0.2, 0.25) is 0 Å². The van der Waals surface area contributed by atoms with E-state index in [-0.39, 0.29) is 0 Å². The molecule has 0 bridgehead atoms. The highest BCUT2D eigenvalue weighted by Crippen LogP contribution is 2.05. The van der Waals surface area contributed by atoms with Crippen molar-refractivity contribution in [1.29, 1.82) is 0 Å². The van der Waals surface area contributed by atoms with Gasteiger partial charge in [-0.2, -0.15) is 0 Å². The Morgan fingerprint density at radius 1 is 1.31 bits per heavy atom. The van der Waals surface area contributed by atoms with Crippen molar-refractivity contribution in [3.8, 4) is 0 Å². The van der Waals surface area contributed by atoms with Gasteiger partial charge in [0.05, 0.1) is 0 Å². The van der Waals surface area contributed by atoms with Crippen LogP contribution >= 0.6 is 0 Å². The van der Waals surface area contributed by atoms with Crippen molar-refractivity contribution in [2.75, 3.05) is 0 Å². The zero-order chi connectivity index (χ0) is 10.1. The van der Waals surface area contributed by atoms with E-state index in [0.29, 0.717) is 0 Å². The van der Waals surface area contributed by atoms with Crippen LogP contribution in [-0.2, 0) is 0 Å². The molecule has 0 aromatic carbocycles. The SMILES string of the molecule is C=C/C=C\C(=C)C=CCCC(C)C. The molecule has 0 spiro atoms. The summed E-state index contributed by atoms with van der Waals surface area (Å²) in [6, 6.07) is 0. The monoisotopic (exact) mass is 176 g/mol. The summed E-state index contributed by atoms with van der Waals surface area (Å²) in [7, 11) is 0. The number of allylic oxidation sites excluding steroid dienone is 6. The molecule has 72 valence electrons. The Morgan fingerprint density at radius 3 is 2.54 bits per heavy atom. The van der Waals surface area contributed by atoms with Crippen LogP contribution in [0.3, 0.4) is 0 Å². The third-order valence-electron chi connectivity index (χ3n) is 1.69. The second kappa shape index (κ2) is 7.60. The fourth-order valence-electron chi connectivity index (χ4n) is 0.911. The fourth-order valence-corrected chi connectivity index (χ4v) is 0.911. The Morgan fingerprint density at radius 2 is 2.00 bits per heavy atom. The molecule has 0 heteroatoms. The maximum Gasteiger partial charge on any atom is -0.0332 e. The zero-order valence-corrected chi connectivity index (χ0v) is 8.79. The molecular formula is C13H20. The van der Waals surface area contributed by atoms with Crippen molar-refractivity contribution in [3.63, 3.8) is 0 Å². The molecule has 0 nitrogen and oxygen atoms in total. The van der Waals surface area contributed by atoms with Crippen LogP contribution in [0, 0.1) is 5.92 Å². The van der Waals surface area contributed by atoms with Gasteiger partial charge in [-0.3, -0.25) is 0 Å². The summed E-state index contributed by atoms with van der Waals surface area (Å²) in [5.41, 5.74) is 1.03. The Bertz CT molecular complexity index is 204. The van der Waals surface area contributed by atoms with Gasteiger partial charge >= 0.3 is 0 Å². The summed E-state index contributed by atoms with van der Waals surface area (Å²) in [5, 5.41) is 0. The largest absolute Gasteiger partial charge is 0.0991 e. The van der Waals surface area contributed by atoms with Crippen molar-refractivity contribution in [3.05, 3.63) is 49.1 Å². The first-order chi connectivity index (χ1) is 6.16. The van der Waals surface area contributed by atoms with Crippen LogP contribution in [-0.4, -0.2) is 0 Å². The molecule has 0 saturated carbocycles. The molecule has 0 aliphatic rings.